The first-order valence-corrected chi connectivity index (χ1v) is 15.5. The van der Waals surface area contributed by atoms with E-state index < -0.39 is 5.97 Å². The fourth-order valence-electron chi connectivity index (χ4n) is 9.24. The Balaban J connectivity index is 1.55. The van der Waals surface area contributed by atoms with E-state index in [1.807, 2.05) is 7.11 Å². The Morgan fingerprint density at radius 1 is 1.00 bits per heavy atom. The molecule has 3 nitrogen and oxygen atoms in total. The van der Waals surface area contributed by atoms with E-state index in [4.69, 9.17) is 16.3 Å². The van der Waals surface area contributed by atoms with Gasteiger partial charge in [0.05, 0.1) is 19.3 Å². The Bertz CT molecular complexity index is 848. The van der Waals surface area contributed by atoms with E-state index in [0.717, 1.165) is 30.9 Å². The van der Waals surface area contributed by atoms with Crippen molar-refractivity contribution < 1.29 is 14.6 Å². The second-order valence-electron chi connectivity index (χ2n) is 13.4. The van der Waals surface area contributed by atoms with Crippen LogP contribution in [0.25, 0.3) is 0 Å². The van der Waals surface area contributed by atoms with Gasteiger partial charge in [0.15, 0.2) is 0 Å². The number of rotatable bonds is 12. The summed E-state index contributed by atoms with van der Waals surface area (Å²) in [7, 11) is 1.82. The van der Waals surface area contributed by atoms with E-state index in [1.54, 1.807) is 0 Å². The molecular weight excluding hydrogens is 468 g/mol. The zero-order valence-corrected chi connectivity index (χ0v) is 24.2. The number of unbranched alkanes of at least 4 members (excludes halogenated alkanes) is 6. The molecule has 0 radical (unpaired) electrons. The molecular formula is C32H51ClO3. The number of aliphatic carboxylic acids is 1. The number of halogens is 1. The van der Waals surface area contributed by atoms with Gasteiger partial charge in [0.25, 0.3) is 0 Å². The molecule has 0 aromatic rings. The lowest BCUT2D eigenvalue weighted by Gasteiger charge is -2.60. The van der Waals surface area contributed by atoms with Gasteiger partial charge in [-0.2, -0.15) is 0 Å². The molecule has 0 spiro atoms. The third-order valence-corrected chi connectivity index (χ3v) is 11.9. The van der Waals surface area contributed by atoms with Crippen LogP contribution in [0.2, 0.25) is 0 Å². The summed E-state index contributed by atoms with van der Waals surface area (Å²) < 4.78 is 5.72. The Labute approximate surface area is 225 Å². The van der Waals surface area contributed by atoms with E-state index in [-0.39, 0.29) is 16.2 Å². The summed E-state index contributed by atoms with van der Waals surface area (Å²) in [6.45, 7) is 7.29. The lowest BCUT2D eigenvalue weighted by molar-refractivity contribution is -0.144. The van der Waals surface area contributed by atoms with Gasteiger partial charge in [0.2, 0.25) is 0 Å². The molecule has 0 aromatic carbocycles. The molecule has 204 valence electrons. The molecule has 0 amide bonds. The molecule has 4 rings (SSSR count). The molecule has 0 aliphatic heterocycles. The topological polar surface area (TPSA) is 46.5 Å². The van der Waals surface area contributed by atoms with E-state index >= 15 is 0 Å². The molecule has 4 aliphatic carbocycles. The maximum Gasteiger partial charge on any atom is 0.303 e. The van der Waals surface area contributed by atoms with Gasteiger partial charge in [0, 0.05) is 12.3 Å². The highest BCUT2D eigenvalue weighted by molar-refractivity contribution is 6.17. The van der Waals surface area contributed by atoms with Crippen molar-refractivity contribution in [3.05, 3.63) is 23.5 Å². The highest BCUT2D eigenvalue weighted by atomic mass is 35.5. The van der Waals surface area contributed by atoms with Gasteiger partial charge in [0.1, 0.15) is 0 Å². The minimum absolute atomic E-state index is 0.0807. The number of methoxy groups -OCH3 is 1. The summed E-state index contributed by atoms with van der Waals surface area (Å²) in [6.07, 6.45) is 22.6. The van der Waals surface area contributed by atoms with Crippen LogP contribution in [0.3, 0.4) is 0 Å². The molecule has 7 atom stereocenters. The third-order valence-electron chi connectivity index (χ3n) is 11.7. The number of carboxylic acid groups (broad SMARTS) is 1. The average molecular weight is 519 g/mol. The molecule has 4 heteroatoms. The summed E-state index contributed by atoms with van der Waals surface area (Å²) in [5, 5.41) is 9.77. The van der Waals surface area contributed by atoms with Crippen molar-refractivity contribution in [3.63, 3.8) is 0 Å². The van der Waals surface area contributed by atoms with Gasteiger partial charge in [-0.3, -0.25) is 4.79 Å². The number of hydrogen-bond donors (Lipinski definition) is 1. The molecule has 2 fully saturated rings. The summed E-state index contributed by atoms with van der Waals surface area (Å²) in [5.74, 6) is 3.96. The van der Waals surface area contributed by atoms with Crippen LogP contribution in [0.4, 0.5) is 0 Å². The minimum atomic E-state index is -0.619. The third kappa shape index (κ3) is 5.16. The first-order valence-electron chi connectivity index (χ1n) is 14.9. The molecule has 0 heterocycles. The quantitative estimate of drug-likeness (QED) is 0.207. The Hall–Kier alpha value is -0.960. The molecule has 2 saturated carbocycles. The summed E-state index contributed by atoms with van der Waals surface area (Å²) in [4.78, 5) is 11.9. The van der Waals surface area contributed by atoms with Crippen molar-refractivity contribution in [2.45, 2.75) is 117 Å². The Morgan fingerprint density at radius 2 is 1.67 bits per heavy atom. The Morgan fingerprint density at radius 3 is 2.33 bits per heavy atom. The summed E-state index contributed by atoms with van der Waals surface area (Å²) in [5.41, 5.74) is 1.83. The first kappa shape index (κ1) is 28.1. The smallest absolute Gasteiger partial charge is 0.303 e. The predicted molar refractivity (Wildman–Crippen MR) is 149 cm³/mol. The van der Waals surface area contributed by atoms with Crippen LogP contribution in [-0.4, -0.2) is 24.1 Å². The average Bonchev–Trinajstić information content (AvgIpc) is 3.10. The number of ether oxygens (including phenoxy) is 1. The van der Waals surface area contributed by atoms with Crippen LogP contribution in [0.15, 0.2) is 23.5 Å². The van der Waals surface area contributed by atoms with Gasteiger partial charge in [-0.25, -0.2) is 0 Å². The summed E-state index contributed by atoms with van der Waals surface area (Å²) >= 11 is 5.83. The largest absolute Gasteiger partial charge is 0.501 e. The van der Waals surface area contributed by atoms with Crippen LogP contribution in [0.5, 0.6) is 0 Å². The second-order valence-corrected chi connectivity index (χ2v) is 13.8. The normalized spacial score (nSPS) is 39.5. The van der Waals surface area contributed by atoms with Gasteiger partial charge in [-0.15, -0.1) is 11.6 Å². The summed E-state index contributed by atoms with van der Waals surface area (Å²) in [6, 6.07) is 0. The number of carboxylic acids is 1. The van der Waals surface area contributed by atoms with Crippen molar-refractivity contribution in [2.24, 2.45) is 39.9 Å². The molecule has 0 saturated heterocycles. The highest BCUT2D eigenvalue weighted by Crippen LogP contribution is 2.71. The molecule has 0 unspecified atom stereocenters. The monoisotopic (exact) mass is 518 g/mol. The zero-order chi connectivity index (χ0) is 26.0. The van der Waals surface area contributed by atoms with Crippen molar-refractivity contribution in [3.8, 4) is 0 Å². The lowest BCUT2D eigenvalue weighted by Crippen LogP contribution is -2.53. The van der Waals surface area contributed by atoms with Gasteiger partial charge < -0.3 is 9.84 Å². The first-order chi connectivity index (χ1) is 17.2. The van der Waals surface area contributed by atoms with Crippen molar-refractivity contribution >= 4 is 17.6 Å². The van der Waals surface area contributed by atoms with Crippen LogP contribution in [0, 0.1) is 39.9 Å². The number of carbonyl (C=O) groups is 1. The van der Waals surface area contributed by atoms with Crippen molar-refractivity contribution in [2.75, 3.05) is 13.0 Å². The maximum atomic E-state index is 11.9. The molecule has 4 aliphatic rings. The SMILES string of the molecule is COC1=CC2=C[C@@H](CCCCCCCCCCl)[C@@H]3[C@H](CC[C@@]4(C)[C@H]3CC[C@]4(C)CC(=O)O)[C@@]2(C)CC1. The molecule has 1 N–H and O–H groups in total. The lowest BCUT2D eigenvalue weighted by atomic mass is 9.44. The van der Waals surface area contributed by atoms with Gasteiger partial charge in [-0.1, -0.05) is 65.4 Å². The second kappa shape index (κ2) is 11.4. The molecule has 0 aromatic heterocycles. The van der Waals surface area contributed by atoms with E-state index in [9.17, 15) is 9.90 Å². The molecule has 36 heavy (non-hydrogen) atoms. The Kier molecular flexibility index (Phi) is 8.90. The molecule has 0 bridgehead atoms. The number of allylic oxidation sites excluding steroid dienone is 4. The zero-order valence-electron chi connectivity index (χ0n) is 23.4. The number of hydrogen-bond acceptors (Lipinski definition) is 2. The van der Waals surface area contributed by atoms with E-state index in [0.29, 0.717) is 30.1 Å². The fraction of sp³-hybridized carbons (Fsp3) is 0.844. The van der Waals surface area contributed by atoms with Crippen LogP contribution < -0.4 is 0 Å². The van der Waals surface area contributed by atoms with E-state index in [2.05, 4.69) is 32.9 Å². The van der Waals surface area contributed by atoms with Crippen LogP contribution in [0.1, 0.15) is 117 Å². The van der Waals surface area contributed by atoms with E-state index in [1.165, 1.54) is 76.2 Å². The van der Waals surface area contributed by atoms with Crippen molar-refractivity contribution in [1.82, 2.24) is 0 Å². The minimum Gasteiger partial charge on any atom is -0.501 e. The maximum absolute atomic E-state index is 11.9. The van der Waals surface area contributed by atoms with Crippen molar-refractivity contribution in [1.29, 1.82) is 0 Å². The number of fused-ring (bicyclic) bond motifs is 5. The number of alkyl halides is 1. The predicted octanol–water partition coefficient (Wildman–Crippen LogP) is 9.16. The standard InChI is InChI=1S/C32H51ClO3/c1-30(22-28(34)35)16-14-27-29-23(12-10-8-6-5-7-9-11-19-33)20-24-21-25(36-4)13-17-31(24,2)26(29)15-18-32(27,30)3/h20-21,23,26-27,29H,5-19,22H2,1-4H3,(H,34,35)/t23-,26+,27+,29-,30-,31+,32+/m1/s1. The van der Waals surface area contributed by atoms with Gasteiger partial charge in [-0.05, 0) is 96.5 Å². The van der Waals surface area contributed by atoms with Crippen LogP contribution in [-0.2, 0) is 9.53 Å². The van der Waals surface area contributed by atoms with Crippen LogP contribution >= 0.6 is 11.6 Å². The fourth-order valence-corrected chi connectivity index (χ4v) is 9.42. The highest BCUT2D eigenvalue weighted by Gasteiger charge is 2.63. The van der Waals surface area contributed by atoms with Gasteiger partial charge >= 0.3 is 5.97 Å².